The largest absolute Gasteiger partial charge is 0.493 e. The highest BCUT2D eigenvalue weighted by molar-refractivity contribution is 9.10. The molecular weight excluding hydrogens is 414 g/mol. The molecule has 140 valence electrons. The molecule has 0 N–H and O–H groups in total. The maximum Gasteiger partial charge on any atom is 0.317 e. The Morgan fingerprint density at radius 3 is 2.78 bits per heavy atom. The van der Waals surface area contributed by atoms with E-state index in [1.165, 1.54) is 7.11 Å². The summed E-state index contributed by atoms with van der Waals surface area (Å²) in [6.07, 6.45) is 1.95. The van der Waals surface area contributed by atoms with Crippen LogP contribution in [0.4, 0.5) is 0 Å². The lowest BCUT2D eigenvalue weighted by atomic mass is 9.90. The molecule has 1 atom stereocenters. The lowest BCUT2D eigenvalue weighted by Gasteiger charge is -2.17. The molecule has 0 fully saturated rings. The molecule has 6 nitrogen and oxygen atoms in total. The van der Waals surface area contributed by atoms with Gasteiger partial charge < -0.3 is 23.5 Å². The molecule has 0 bridgehead atoms. The Kier molecular flexibility index (Phi) is 4.47. The molecule has 0 spiro atoms. The van der Waals surface area contributed by atoms with Crippen molar-refractivity contribution in [1.29, 1.82) is 0 Å². The van der Waals surface area contributed by atoms with Crippen LogP contribution in [0.2, 0.25) is 0 Å². The Balaban J connectivity index is 1.93. The van der Waals surface area contributed by atoms with Gasteiger partial charge in [-0.15, -0.1) is 0 Å². The molecule has 1 aliphatic rings. The van der Waals surface area contributed by atoms with Crippen LogP contribution in [0.3, 0.4) is 0 Å². The number of hydrogen-bond donors (Lipinski definition) is 0. The predicted molar refractivity (Wildman–Crippen MR) is 104 cm³/mol. The summed E-state index contributed by atoms with van der Waals surface area (Å²) in [6.45, 7) is 0.125. The number of aryl methyl sites for hydroxylation is 1. The second kappa shape index (κ2) is 6.81. The molecule has 1 unspecified atom stereocenters. The summed E-state index contributed by atoms with van der Waals surface area (Å²) in [5, 5.41) is 0.979. The number of carbonyl (C=O) groups excluding carboxylic acids is 1. The molecule has 1 aromatic heterocycles. The third-order valence-electron chi connectivity index (χ3n) is 4.75. The van der Waals surface area contributed by atoms with Crippen molar-refractivity contribution in [2.45, 2.75) is 5.92 Å². The number of ether oxygens (including phenoxy) is 4. The highest BCUT2D eigenvalue weighted by atomic mass is 79.9. The van der Waals surface area contributed by atoms with E-state index in [4.69, 9.17) is 18.9 Å². The van der Waals surface area contributed by atoms with Crippen molar-refractivity contribution in [3.63, 3.8) is 0 Å². The SMILES string of the molecule is COC(=O)C(c1cc(OC)c2c(c1)OCO2)c1cn(C)c2cc(Br)ccc12. The molecule has 2 heterocycles. The number of esters is 1. The third-order valence-corrected chi connectivity index (χ3v) is 5.24. The maximum absolute atomic E-state index is 12.8. The van der Waals surface area contributed by atoms with Gasteiger partial charge in [0.1, 0.15) is 5.92 Å². The van der Waals surface area contributed by atoms with Gasteiger partial charge in [0, 0.05) is 28.6 Å². The monoisotopic (exact) mass is 431 g/mol. The van der Waals surface area contributed by atoms with Gasteiger partial charge in [-0.1, -0.05) is 22.0 Å². The Hall–Kier alpha value is -2.67. The van der Waals surface area contributed by atoms with Crippen LogP contribution in [0.5, 0.6) is 17.2 Å². The van der Waals surface area contributed by atoms with Gasteiger partial charge in [0.05, 0.1) is 14.2 Å². The van der Waals surface area contributed by atoms with Gasteiger partial charge in [0.25, 0.3) is 0 Å². The smallest absolute Gasteiger partial charge is 0.317 e. The standard InChI is InChI=1S/C20H18BrNO5/c1-22-9-14(13-5-4-12(21)8-15(13)22)18(20(23)25-3)11-6-16(24-2)19-17(7-11)26-10-27-19/h4-9,18H,10H2,1-3H3. The Morgan fingerprint density at radius 2 is 2.04 bits per heavy atom. The van der Waals surface area contributed by atoms with Crippen molar-refractivity contribution in [3.05, 3.63) is 52.1 Å². The van der Waals surface area contributed by atoms with Crippen molar-refractivity contribution < 1.29 is 23.7 Å². The first-order chi connectivity index (χ1) is 13.0. The molecule has 0 amide bonds. The van der Waals surface area contributed by atoms with Gasteiger partial charge in [-0.05, 0) is 35.4 Å². The van der Waals surface area contributed by atoms with E-state index in [-0.39, 0.29) is 12.8 Å². The van der Waals surface area contributed by atoms with Gasteiger partial charge in [0.2, 0.25) is 12.5 Å². The van der Waals surface area contributed by atoms with Gasteiger partial charge in [-0.25, -0.2) is 0 Å². The molecule has 2 aromatic carbocycles. The molecular formula is C20H18BrNO5. The first-order valence-electron chi connectivity index (χ1n) is 8.33. The molecule has 1 aliphatic heterocycles. The molecule has 0 radical (unpaired) electrons. The van der Waals surface area contributed by atoms with E-state index in [2.05, 4.69) is 15.9 Å². The zero-order valence-electron chi connectivity index (χ0n) is 15.1. The average molecular weight is 432 g/mol. The number of methoxy groups -OCH3 is 2. The summed E-state index contributed by atoms with van der Waals surface area (Å²) in [5.74, 6) is 0.652. The summed E-state index contributed by atoms with van der Waals surface area (Å²) in [6, 6.07) is 9.58. The third kappa shape index (κ3) is 2.92. The average Bonchev–Trinajstić information content (AvgIpc) is 3.26. The van der Waals surface area contributed by atoms with Gasteiger partial charge in [0.15, 0.2) is 11.5 Å². The van der Waals surface area contributed by atoms with Crippen molar-refractivity contribution in [3.8, 4) is 17.2 Å². The maximum atomic E-state index is 12.8. The van der Waals surface area contributed by atoms with Crippen LogP contribution in [0.25, 0.3) is 10.9 Å². The zero-order valence-corrected chi connectivity index (χ0v) is 16.7. The fourth-order valence-corrected chi connectivity index (χ4v) is 3.84. The second-order valence-electron chi connectivity index (χ2n) is 6.27. The second-order valence-corrected chi connectivity index (χ2v) is 7.19. The summed E-state index contributed by atoms with van der Waals surface area (Å²) in [7, 11) is 4.90. The van der Waals surface area contributed by atoms with E-state index >= 15 is 0 Å². The molecule has 0 aliphatic carbocycles. The molecule has 0 saturated carbocycles. The number of halogens is 1. The normalized spacial score (nSPS) is 13.6. The Labute approximate surface area is 164 Å². The lowest BCUT2D eigenvalue weighted by Crippen LogP contribution is -2.15. The summed E-state index contributed by atoms with van der Waals surface area (Å²) >= 11 is 3.50. The van der Waals surface area contributed by atoms with Gasteiger partial charge in [-0.3, -0.25) is 4.79 Å². The van der Waals surface area contributed by atoms with E-state index in [0.29, 0.717) is 17.2 Å². The minimum Gasteiger partial charge on any atom is -0.493 e. The number of nitrogens with zero attached hydrogens (tertiary/aromatic N) is 1. The van der Waals surface area contributed by atoms with Crippen LogP contribution >= 0.6 is 15.9 Å². The minimum absolute atomic E-state index is 0.125. The van der Waals surface area contributed by atoms with E-state index in [1.54, 1.807) is 13.2 Å². The summed E-state index contributed by atoms with van der Waals surface area (Å²) in [4.78, 5) is 12.8. The molecule has 4 rings (SSSR count). The summed E-state index contributed by atoms with van der Waals surface area (Å²) in [5.41, 5.74) is 2.59. The van der Waals surface area contributed by atoms with Crippen LogP contribution < -0.4 is 14.2 Å². The number of fused-ring (bicyclic) bond motifs is 2. The quantitative estimate of drug-likeness (QED) is 0.584. The van der Waals surface area contributed by atoms with E-state index in [9.17, 15) is 4.79 Å². The lowest BCUT2D eigenvalue weighted by molar-refractivity contribution is -0.141. The van der Waals surface area contributed by atoms with Gasteiger partial charge >= 0.3 is 5.97 Å². The number of hydrogen-bond acceptors (Lipinski definition) is 5. The van der Waals surface area contributed by atoms with Crippen LogP contribution in [-0.2, 0) is 16.6 Å². The number of aromatic nitrogens is 1. The highest BCUT2D eigenvalue weighted by Gasteiger charge is 2.31. The fourth-order valence-electron chi connectivity index (χ4n) is 3.50. The summed E-state index contributed by atoms with van der Waals surface area (Å²) < 4.78 is 24.5. The van der Waals surface area contributed by atoms with Crippen molar-refractivity contribution in [2.24, 2.45) is 7.05 Å². The van der Waals surface area contributed by atoms with Crippen LogP contribution in [0.1, 0.15) is 17.0 Å². The van der Waals surface area contributed by atoms with E-state index < -0.39 is 5.92 Å². The topological polar surface area (TPSA) is 58.9 Å². The van der Waals surface area contributed by atoms with Crippen molar-refractivity contribution in [1.82, 2.24) is 4.57 Å². The molecule has 0 saturated heterocycles. The highest BCUT2D eigenvalue weighted by Crippen LogP contribution is 2.45. The number of benzene rings is 2. The molecule has 27 heavy (non-hydrogen) atoms. The molecule has 3 aromatic rings. The van der Waals surface area contributed by atoms with Crippen LogP contribution in [-0.4, -0.2) is 31.5 Å². The van der Waals surface area contributed by atoms with Gasteiger partial charge in [-0.2, -0.15) is 0 Å². The first kappa shape index (κ1) is 17.7. The van der Waals surface area contributed by atoms with Crippen LogP contribution in [0, 0.1) is 0 Å². The van der Waals surface area contributed by atoms with Crippen molar-refractivity contribution >= 4 is 32.8 Å². The van der Waals surface area contributed by atoms with E-state index in [1.807, 2.05) is 42.1 Å². The Bertz CT molecular complexity index is 1040. The van der Waals surface area contributed by atoms with E-state index in [0.717, 1.165) is 26.5 Å². The first-order valence-corrected chi connectivity index (χ1v) is 9.12. The fraction of sp³-hybridized carbons (Fsp3) is 0.250. The predicted octanol–water partition coefficient (Wildman–Crippen LogP) is 3.98. The zero-order chi connectivity index (χ0) is 19.1. The van der Waals surface area contributed by atoms with Crippen LogP contribution in [0.15, 0.2) is 41.0 Å². The van der Waals surface area contributed by atoms with Crippen molar-refractivity contribution in [2.75, 3.05) is 21.0 Å². The number of rotatable bonds is 4. The Morgan fingerprint density at radius 1 is 1.22 bits per heavy atom. The number of carbonyl (C=O) groups is 1. The minimum atomic E-state index is -0.622. The molecule has 7 heteroatoms.